The van der Waals surface area contributed by atoms with Gasteiger partial charge >= 0.3 is 6.36 Å². The van der Waals surface area contributed by atoms with Crippen molar-refractivity contribution in [3.05, 3.63) is 89.5 Å². The second-order valence-corrected chi connectivity index (χ2v) is 8.32. The third-order valence-electron chi connectivity index (χ3n) is 5.11. The lowest BCUT2D eigenvalue weighted by atomic mass is 10.1. The Morgan fingerprint density at radius 2 is 1.68 bits per heavy atom. The van der Waals surface area contributed by atoms with Gasteiger partial charge in [0.25, 0.3) is 0 Å². The first-order valence-corrected chi connectivity index (χ1v) is 11.2. The van der Waals surface area contributed by atoms with E-state index >= 15 is 0 Å². The predicted octanol–water partition coefficient (Wildman–Crippen LogP) is 5.91. The van der Waals surface area contributed by atoms with Crippen LogP contribution in [0.3, 0.4) is 0 Å². The highest BCUT2D eigenvalue weighted by molar-refractivity contribution is 7.80. The Balaban J connectivity index is 1.35. The fraction of sp³-hybridized carbons (Fsp3) is 0.120. The summed E-state index contributed by atoms with van der Waals surface area (Å²) in [5, 5.41) is 11.8. The lowest BCUT2D eigenvalue weighted by molar-refractivity contribution is -0.274. The van der Waals surface area contributed by atoms with Crippen LogP contribution in [0, 0.1) is 19.7 Å². The number of thiocarbonyl (C=S) groups is 1. The molecule has 1 aromatic heterocycles. The maximum atomic E-state index is 13.5. The molecule has 0 aliphatic carbocycles. The molecule has 190 valence electrons. The highest BCUT2D eigenvalue weighted by Gasteiger charge is 2.31. The third kappa shape index (κ3) is 6.88. The second-order valence-electron chi connectivity index (χ2n) is 7.92. The topological polar surface area (TPSA) is 76.4 Å². The number of ether oxygens (including phenoxy) is 1. The second kappa shape index (κ2) is 10.7. The maximum Gasteiger partial charge on any atom is 0.573 e. The first-order valence-electron chi connectivity index (χ1n) is 10.8. The van der Waals surface area contributed by atoms with E-state index in [9.17, 15) is 17.6 Å². The van der Waals surface area contributed by atoms with Gasteiger partial charge in [0.05, 0.1) is 11.9 Å². The Bertz CT molecular complexity index is 1410. The molecule has 7 nitrogen and oxygen atoms in total. The van der Waals surface area contributed by atoms with Crippen LogP contribution in [0.4, 0.5) is 23.2 Å². The van der Waals surface area contributed by atoms with Gasteiger partial charge in [0, 0.05) is 11.3 Å². The van der Waals surface area contributed by atoms with Gasteiger partial charge in [-0.25, -0.2) is 14.1 Å². The van der Waals surface area contributed by atoms with E-state index in [4.69, 9.17) is 12.2 Å². The standard InChI is InChI=1S/C25H20F4N6OS/c1-15-11-19(26)12-16(2)22(15)32-24(37)33-31-13-17-3-5-18(6-4-17)23-30-14-35(34-23)20-7-9-21(10-8-20)36-25(27,28)29/h3-14H,1-2H3,(H2,32,33,37). The average molecular weight is 529 g/mol. The van der Waals surface area contributed by atoms with Crippen molar-refractivity contribution in [3.63, 3.8) is 0 Å². The van der Waals surface area contributed by atoms with Crippen LogP contribution in [0.1, 0.15) is 16.7 Å². The molecule has 0 atom stereocenters. The van der Waals surface area contributed by atoms with E-state index < -0.39 is 6.36 Å². The fourth-order valence-electron chi connectivity index (χ4n) is 3.45. The van der Waals surface area contributed by atoms with Gasteiger partial charge in [0.15, 0.2) is 10.9 Å². The Morgan fingerprint density at radius 3 is 2.30 bits per heavy atom. The smallest absolute Gasteiger partial charge is 0.406 e. The molecule has 0 bridgehead atoms. The van der Waals surface area contributed by atoms with Crippen molar-refractivity contribution in [2.45, 2.75) is 20.2 Å². The number of hydrazone groups is 1. The zero-order chi connectivity index (χ0) is 26.6. The summed E-state index contributed by atoms with van der Waals surface area (Å²) in [7, 11) is 0. The number of benzene rings is 3. The molecule has 0 radical (unpaired) electrons. The van der Waals surface area contributed by atoms with Crippen LogP contribution in [0.5, 0.6) is 5.75 Å². The molecule has 0 aliphatic rings. The van der Waals surface area contributed by atoms with Crippen molar-refractivity contribution in [3.8, 4) is 22.8 Å². The molecule has 3 aromatic carbocycles. The minimum atomic E-state index is -4.75. The van der Waals surface area contributed by atoms with Crippen molar-refractivity contribution < 1.29 is 22.3 Å². The number of nitrogens with one attached hydrogen (secondary N) is 2. The number of rotatable bonds is 6. The quantitative estimate of drug-likeness (QED) is 0.140. The molecule has 12 heteroatoms. The third-order valence-corrected chi connectivity index (χ3v) is 5.30. The summed E-state index contributed by atoms with van der Waals surface area (Å²) in [6.07, 6.45) is -1.70. The number of alkyl halides is 3. The largest absolute Gasteiger partial charge is 0.573 e. The molecule has 0 fully saturated rings. The van der Waals surface area contributed by atoms with E-state index in [-0.39, 0.29) is 16.7 Å². The van der Waals surface area contributed by atoms with Gasteiger partial charge < -0.3 is 10.1 Å². The van der Waals surface area contributed by atoms with Crippen LogP contribution in [0.15, 0.2) is 72.1 Å². The van der Waals surface area contributed by atoms with E-state index in [1.54, 1.807) is 20.1 Å². The Morgan fingerprint density at radius 1 is 1.03 bits per heavy atom. The van der Waals surface area contributed by atoms with Crippen LogP contribution < -0.4 is 15.5 Å². The number of nitrogens with zero attached hydrogens (tertiary/aromatic N) is 4. The van der Waals surface area contributed by atoms with Crippen LogP contribution in [0.25, 0.3) is 17.1 Å². The molecule has 37 heavy (non-hydrogen) atoms. The van der Waals surface area contributed by atoms with Crippen LogP contribution in [0.2, 0.25) is 0 Å². The van der Waals surface area contributed by atoms with Gasteiger partial charge in [0.2, 0.25) is 0 Å². The maximum absolute atomic E-state index is 13.5. The van der Waals surface area contributed by atoms with Gasteiger partial charge in [0.1, 0.15) is 17.9 Å². The monoisotopic (exact) mass is 528 g/mol. The van der Waals surface area contributed by atoms with Gasteiger partial charge in [-0.2, -0.15) is 5.10 Å². The number of hydrogen-bond donors (Lipinski definition) is 2. The minimum Gasteiger partial charge on any atom is -0.406 e. The molecule has 1 heterocycles. The van der Waals surface area contributed by atoms with Crippen molar-refractivity contribution in [2.75, 3.05) is 5.32 Å². The summed E-state index contributed by atoms with van der Waals surface area (Å²) in [5.74, 6) is -0.190. The highest BCUT2D eigenvalue weighted by atomic mass is 32.1. The number of halogens is 4. The van der Waals surface area contributed by atoms with Crippen LogP contribution in [-0.2, 0) is 0 Å². The minimum absolute atomic E-state index is 0.262. The van der Waals surface area contributed by atoms with Crippen LogP contribution in [-0.4, -0.2) is 32.5 Å². The molecule has 0 amide bonds. The molecule has 4 aromatic rings. The first kappa shape index (κ1) is 25.8. The summed E-state index contributed by atoms with van der Waals surface area (Å²) in [6.45, 7) is 3.57. The molecule has 4 rings (SSSR count). The lowest BCUT2D eigenvalue weighted by Crippen LogP contribution is -2.24. The van der Waals surface area contributed by atoms with E-state index in [2.05, 4.69) is 30.7 Å². The van der Waals surface area contributed by atoms with Crippen molar-refractivity contribution in [1.29, 1.82) is 0 Å². The number of anilines is 1. The van der Waals surface area contributed by atoms with Crippen molar-refractivity contribution in [2.24, 2.45) is 5.10 Å². The van der Waals surface area contributed by atoms with E-state index in [0.717, 1.165) is 27.9 Å². The molecule has 0 unspecified atom stereocenters. The average Bonchev–Trinajstić information content (AvgIpc) is 3.32. The summed E-state index contributed by atoms with van der Waals surface area (Å²) >= 11 is 5.26. The molecule has 2 N–H and O–H groups in total. The first-order chi connectivity index (χ1) is 17.6. The summed E-state index contributed by atoms with van der Waals surface area (Å²) in [5.41, 5.74) is 6.95. The van der Waals surface area contributed by atoms with E-state index in [1.807, 2.05) is 24.3 Å². The predicted molar refractivity (Wildman–Crippen MR) is 136 cm³/mol. The molecular formula is C25H20F4N6OS. The fourth-order valence-corrected chi connectivity index (χ4v) is 3.61. The Kier molecular flexibility index (Phi) is 7.48. The van der Waals surface area contributed by atoms with E-state index in [0.29, 0.717) is 11.5 Å². The normalized spacial score (nSPS) is 11.5. The summed E-state index contributed by atoms with van der Waals surface area (Å²) in [4.78, 5) is 4.26. The molecular weight excluding hydrogens is 508 g/mol. The van der Waals surface area contributed by atoms with Gasteiger partial charge in [-0.3, -0.25) is 5.43 Å². The van der Waals surface area contributed by atoms with Gasteiger partial charge in [-0.05, 0) is 79.2 Å². The van der Waals surface area contributed by atoms with Crippen molar-refractivity contribution >= 4 is 29.2 Å². The molecule has 0 saturated heterocycles. The number of hydrogen-bond acceptors (Lipinski definition) is 5. The zero-order valence-electron chi connectivity index (χ0n) is 19.5. The molecule has 0 spiro atoms. The summed E-state index contributed by atoms with van der Waals surface area (Å²) < 4.78 is 55.8. The van der Waals surface area contributed by atoms with Crippen molar-refractivity contribution in [1.82, 2.24) is 20.2 Å². The van der Waals surface area contributed by atoms with Crippen LogP contribution >= 0.6 is 12.2 Å². The van der Waals surface area contributed by atoms with E-state index in [1.165, 1.54) is 47.4 Å². The number of aryl methyl sites for hydroxylation is 2. The Labute approximate surface area is 214 Å². The lowest BCUT2D eigenvalue weighted by Gasteiger charge is -2.13. The Hall–Kier alpha value is -4.32. The zero-order valence-corrected chi connectivity index (χ0v) is 20.4. The van der Waals surface area contributed by atoms with Gasteiger partial charge in [-0.15, -0.1) is 18.3 Å². The molecule has 0 saturated carbocycles. The summed E-state index contributed by atoms with van der Waals surface area (Å²) in [6, 6.07) is 15.4. The van der Waals surface area contributed by atoms with Gasteiger partial charge in [-0.1, -0.05) is 24.3 Å². The molecule has 0 aliphatic heterocycles. The highest BCUT2D eigenvalue weighted by Crippen LogP contribution is 2.24. The SMILES string of the molecule is Cc1cc(F)cc(C)c1NC(=S)NN=Cc1ccc(-c2ncn(-c3ccc(OC(F)(F)F)cc3)n2)cc1. The number of aromatic nitrogens is 3.